The lowest BCUT2D eigenvalue weighted by molar-refractivity contribution is 0.550. The molecule has 0 aromatic carbocycles. The van der Waals surface area contributed by atoms with E-state index in [1.54, 1.807) is 6.26 Å². The lowest BCUT2D eigenvalue weighted by Crippen LogP contribution is -1.92. The first-order valence-electron chi connectivity index (χ1n) is 2.70. The summed E-state index contributed by atoms with van der Waals surface area (Å²) in [6.45, 7) is 5.47. The molecule has 0 aliphatic carbocycles. The molecule has 0 saturated heterocycles. The second-order valence-corrected chi connectivity index (χ2v) is 1.96. The molecular formula is C7H9NO. The van der Waals surface area contributed by atoms with E-state index in [2.05, 4.69) is 6.58 Å². The number of furan rings is 1. The van der Waals surface area contributed by atoms with Crippen molar-refractivity contribution in [3.8, 4) is 0 Å². The molecular weight excluding hydrogens is 114 g/mol. The van der Waals surface area contributed by atoms with Crippen molar-refractivity contribution in [3.63, 3.8) is 0 Å². The predicted molar refractivity (Wildman–Crippen MR) is 36.7 cm³/mol. The first-order valence-corrected chi connectivity index (χ1v) is 2.70. The Morgan fingerprint density at radius 3 is 2.67 bits per heavy atom. The van der Waals surface area contributed by atoms with Crippen LogP contribution in [0.15, 0.2) is 23.3 Å². The van der Waals surface area contributed by atoms with E-state index in [4.69, 9.17) is 10.2 Å². The Kier molecular flexibility index (Phi) is 1.30. The van der Waals surface area contributed by atoms with Crippen molar-refractivity contribution in [1.29, 1.82) is 0 Å². The van der Waals surface area contributed by atoms with E-state index >= 15 is 0 Å². The average molecular weight is 123 g/mol. The molecule has 0 radical (unpaired) electrons. The smallest absolute Gasteiger partial charge is 0.151 e. The van der Waals surface area contributed by atoms with E-state index in [-0.39, 0.29) is 0 Å². The topological polar surface area (TPSA) is 39.2 Å². The molecule has 48 valence electrons. The second-order valence-electron chi connectivity index (χ2n) is 1.96. The van der Waals surface area contributed by atoms with Crippen LogP contribution in [0.1, 0.15) is 11.3 Å². The fourth-order valence-corrected chi connectivity index (χ4v) is 0.702. The largest absolute Gasteiger partial charge is 0.463 e. The Morgan fingerprint density at radius 1 is 1.78 bits per heavy atom. The number of hydrogen-bond acceptors (Lipinski definition) is 2. The molecule has 1 aromatic heterocycles. The molecule has 0 fully saturated rings. The molecule has 1 aromatic rings. The molecule has 0 spiro atoms. The van der Waals surface area contributed by atoms with Gasteiger partial charge in [-0.2, -0.15) is 0 Å². The van der Waals surface area contributed by atoms with Gasteiger partial charge in [0.05, 0.1) is 12.0 Å². The molecule has 0 unspecified atom stereocenters. The summed E-state index contributed by atoms with van der Waals surface area (Å²) in [6, 6.07) is 1.85. The zero-order chi connectivity index (χ0) is 6.85. The lowest BCUT2D eigenvalue weighted by Gasteiger charge is -1.92. The van der Waals surface area contributed by atoms with Gasteiger partial charge in [-0.25, -0.2) is 0 Å². The minimum Gasteiger partial charge on any atom is -0.463 e. The van der Waals surface area contributed by atoms with Crippen LogP contribution in [-0.2, 0) is 0 Å². The van der Waals surface area contributed by atoms with Gasteiger partial charge in [-0.15, -0.1) is 0 Å². The maximum atomic E-state index is 5.37. The van der Waals surface area contributed by atoms with E-state index in [1.807, 2.05) is 13.0 Å². The van der Waals surface area contributed by atoms with Crippen LogP contribution in [0.25, 0.3) is 5.70 Å². The highest BCUT2D eigenvalue weighted by molar-refractivity contribution is 5.57. The van der Waals surface area contributed by atoms with Gasteiger partial charge in [0.25, 0.3) is 0 Å². The minimum atomic E-state index is 0.484. The van der Waals surface area contributed by atoms with E-state index in [0.717, 1.165) is 5.56 Å². The SMILES string of the molecule is C=C(N)c1occc1C. The van der Waals surface area contributed by atoms with Gasteiger partial charge >= 0.3 is 0 Å². The number of aryl methyl sites for hydroxylation is 1. The Bertz CT molecular complexity index is 225. The molecule has 0 amide bonds. The standard InChI is InChI=1S/C7H9NO/c1-5-3-4-9-7(5)6(2)8/h3-4H,2,8H2,1H3. The number of nitrogens with two attached hydrogens (primary N) is 1. The van der Waals surface area contributed by atoms with Crippen molar-refractivity contribution in [3.05, 3.63) is 30.2 Å². The van der Waals surface area contributed by atoms with Crippen molar-refractivity contribution >= 4 is 5.70 Å². The zero-order valence-electron chi connectivity index (χ0n) is 5.35. The fraction of sp³-hybridized carbons (Fsp3) is 0.143. The van der Waals surface area contributed by atoms with Gasteiger partial charge in [0.1, 0.15) is 0 Å². The minimum absolute atomic E-state index is 0.484. The molecule has 0 saturated carbocycles. The third-order valence-corrected chi connectivity index (χ3v) is 1.15. The zero-order valence-corrected chi connectivity index (χ0v) is 5.35. The Morgan fingerprint density at radius 2 is 2.44 bits per heavy atom. The van der Waals surface area contributed by atoms with Crippen LogP contribution in [0.4, 0.5) is 0 Å². The summed E-state index contributed by atoms with van der Waals surface area (Å²) < 4.78 is 5.00. The highest BCUT2D eigenvalue weighted by Crippen LogP contribution is 2.12. The molecule has 1 heterocycles. The second kappa shape index (κ2) is 1.97. The van der Waals surface area contributed by atoms with Gasteiger partial charge in [0, 0.05) is 0 Å². The summed E-state index contributed by atoms with van der Waals surface area (Å²) in [5, 5.41) is 0. The van der Waals surface area contributed by atoms with Crippen LogP contribution in [-0.4, -0.2) is 0 Å². The third kappa shape index (κ3) is 0.964. The summed E-state index contributed by atoms with van der Waals surface area (Å²) in [6.07, 6.45) is 1.60. The monoisotopic (exact) mass is 123 g/mol. The van der Waals surface area contributed by atoms with Gasteiger partial charge in [0.15, 0.2) is 5.76 Å². The van der Waals surface area contributed by atoms with Crippen LogP contribution in [0.3, 0.4) is 0 Å². The summed E-state index contributed by atoms with van der Waals surface area (Å²) in [4.78, 5) is 0. The summed E-state index contributed by atoms with van der Waals surface area (Å²) in [5.41, 5.74) is 6.88. The highest BCUT2D eigenvalue weighted by Gasteiger charge is 2.00. The van der Waals surface area contributed by atoms with Crippen LogP contribution >= 0.6 is 0 Å². The number of rotatable bonds is 1. The van der Waals surface area contributed by atoms with Crippen LogP contribution < -0.4 is 5.73 Å². The molecule has 1 rings (SSSR count). The van der Waals surface area contributed by atoms with E-state index in [9.17, 15) is 0 Å². The van der Waals surface area contributed by atoms with E-state index in [0.29, 0.717) is 11.5 Å². The Labute approximate surface area is 54.0 Å². The third-order valence-electron chi connectivity index (χ3n) is 1.15. The maximum Gasteiger partial charge on any atom is 0.151 e. The first-order chi connectivity index (χ1) is 4.22. The summed E-state index contributed by atoms with van der Waals surface area (Å²) >= 11 is 0. The number of hydrogen-bond donors (Lipinski definition) is 1. The molecule has 0 bridgehead atoms. The Hall–Kier alpha value is -1.18. The van der Waals surface area contributed by atoms with Gasteiger partial charge in [-0.1, -0.05) is 6.58 Å². The quantitative estimate of drug-likeness (QED) is 0.614. The van der Waals surface area contributed by atoms with Crippen LogP contribution in [0.5, 0.6) is 0 Å². The van der Waals surface area contributed by atoms with Gasteiger partial charge in [-0.05, 0) is 18.6 Å². The molecule has 0 aliphatic heterocycles. The fourth-order valence-electron chi connectivity index (χ4n) is 0.702. The molecule has 0 atom stereocenters. The van der Waals surface area contributed by atoms with Crippen molar-refractivity contribution in [1.82, 2.24) is 0 Å². The maximum absolute atomic E-state index is 5.37. The van der Waals surface area contributed by atoms with E-state index in [1.165, 1.54) is 0 Å². The molecule has 2 N–H and O–H groups in total. The summed E-state index contributed by atoms with van der Waals surface area (Å²) in [7, 11) is 0. The average Bonchev–Trinajstić information content (AvgIpc) is 2.13. The van der Waals surface area contributed by atoms with Crippen LogP contribution in [0.2, 0.25) is 0 Å². The predicted octanol–water partition coefficient (Wildman–Crippen LogP) is 1.52. The van der Waals surface area contributed by atoms with E-state index < -0.39 is 0 Å². The molecule has 9 heavy (non-hydrogen) atoms. The normalized spacial score (nSPS) is 9.44. The van der Waals surface area contributed by atoms with Gasteiger partial charge in [-0.3, -0.25) is 0 Å². The van der Waals surface area contributed by atoms with Crippen molar-refractivity contribution < 1.29 is 4.42 Å². The lowest BCUT2D eigenvalue weighted by atomic mass is 10.2. The van der Waals surface area contributed by atoms with Crippen molar-refractivity contribution in [2.45, 2.75) is 6.92 Å². The molecule has 2 nitrogen and oxygen atoms in total. The van der Waals surface area contributed by atoms with Crippen molar-refractivity contribution in [2.24, 2.45) is 5.73 Å². The van der Waals surface area contributed by atoms with Crippen LogP contribution in [0, 0.1) is 6.92 Å². The van der Waals surface area contributed by atoms with Gasteiger partial charge < -0.3 is 10.2 Å². The molecule has 2 heteroatoms. The van der Waals surface area contributed by atoms with Gasteiger partial charge in [0.2, 0.25) is 0 Å². The van der Waals surface area contributed by atoms with Crippen molar-refractivity contribution in [2.75, 3.05) is 0 Å². The summed E-state index contributed by atoms with van der Waals surface area (Å²) in [5.74, 6) is 0.690. The highest BCUT2D eigenvalue weighted by atomic mass is 16.3. The molecule has 0 aliphatic rings. The first kappa shape index (κ1) is 5.95. The Balaban J connectivity index is 3.08.